The summed E-state index contributed by atoms with van der Waals surface area (Å²) in [5.41, 5.74) is 0. The van der Waals surface area contributed by atoms with E-state index in [-0.39, 0.29) is 25.7 Å². The summed E-state index contributed by atoms with van der Waals surface area (Å²) in [6, 6.07) is 0. The van der Waals surface area contributed by atoms with Gasteiger partial charge in [-0.1, -0.05) is 408 Å². The number of aliphatic hydroxyl groups excluding tert-OH is 1. The molecule has 4 unspecified atom stereocenters. The molecule has 0 aromatic heterocycles. The molecule has 0 aromatic carbocycles. The molecule has 0 aliphatic carbocycles. The summed E-state index contributed by atoms with van der Waals surface area (Å²) in [6.07, 6.45) is 69.3. The standard InChI is InChI=1S/C86H168O17P2/c1-7-11-13-15-17-19-21-23-24-25-29-32-36-39-43-50-56-62-68-83(88)96-74-81(102-86(91)71-65-59-53-45-41-37-33-30-27-26-28-31-35-38-42-48-54-60-66-78(5)9-3)76-100-104(92,93)98-72-80(87)73-99-105(94,95)101-77-82(75-97-84(89)69-63-57-51-47-46-49-55-61-67-79(6)10-4)103-85(90)70-64-58-52-44-40-34-22-20-18-16-14-12-8-2/h78-82,87H,7-77H2,1-6H3,(H,92,93)(H,94,95)/t78?,79?,80-,81-,82-/m1/s1. The number of hydrogen-bond donors (Lipinski definition) is 3. The lowest BCUT2D eigenvalue weighted by Crippen LogP contribution is -2.30. The molecular formula is C86H168O17P2. The van der Waals surface area contributed by atoms with Crippen LogP contribution in [0.3, 0.4) is 0 Å². The first-order chi connectivity index (χ1) is 50.9. The predicted octanol–water partition coefficient (Wildman–Crippen LogP) is 26.2. The summed E-state index contributed by atoms with van der Waals surface area (Å²) in [6.45, 7) is 9.74. The van der Waals surface area contributed by atoms with Crippen LogP contribution >= 0.6 is 15.6 Å². The number of carbonyl (C=O) groups is 4. The van der Waals surface area contributed by atoms with Gasteiger partial charge >= 0.3 is 39.5 Å². The van der Waals surface area contributed by atoms with Gasteiger partial charge in [-0.25, -0.2) is 9.13 Å². The number of phosphoric ester groups is 2. The van der Waals surface area contributed by atoms with E-state index in [1.54, 1.807) is 0 Å². The van der Waals surface area contributed by atoms with Crippen LogP contribution in [0.5, 0.6) is 0 Å². The molecule has 17 nitrogen and oxygen atoms in total. The molecule has 0 aliphatic rings. The molecule has 105 heavy (non-hydrogen) atoms. The Morgan fingerprint density at radius 2 is 0.457 bits per heavy atom. The Kier molecular flexibility index (Phi) is 76.0. The molecule has 0 rings (SSSR count). The highest BCUT2D eigenvalue weighted by atomic mass is 31.2. The van der Waals surface area contributed by atoms with Crippen LogP contribution in [0.25, 0.3) is 0 Å². The fraction of sp³-hybridized carbons (Fsp3) is 0.953. The summed E-state index contributed by atoms with van der Waals surface area (Å²) in [5.74, 6) is -0.452. The van der Waals surface area contributed by atoms with E-state index in [1.165, 1.54) is 276 Å². The van der Waals surface area contributed by atoms with Crippen LogP contribution in [0, 0.1) is 11.8 Å². The van der Waals surface area contributed by atoms with Crippen molar-refractivity contribution in [3.05, 3.63) is 0 Å². The molecule has 0 bridgehead atoms. The van der Waals surface area contributed by atoms with Crippen molar-refractivity contribution in [2.75, 3.05) is 39.6 Å². The van der Waals surface area contributed by atoms with Crippen molar-refractivity contribution < 1.29 is 80.2 Å². The van der Waals surface area contributed by atoms with Gasteiger partial charge in [-0.2, -0.15) is 0 Å². The quantitative estimate of drug-likeness (QED) is 0.0222. The Bertz CT molecular complexity index is 2010. The molecule has 0 aromatic rings. The van der Waals surface area contributed by atoms with E-state index in [2.05, 4.69) is 41.5 Å². The van der Waals surface area contributed by atoms with E-state index in [1.807, 2.05) is 0 Å². The Morgan fingerprint density at radius 3 is 0.676 bits per heavy atom. The van der Waals surface area contributed by atoms with Gasteiger partial charge in [0.05, 0.1) is 26.4 Å². The Balaban J connectivity index is 5.24. The van der Waals surface area contributed by atoms with Gasteiger partial charge in [0.1, 0.15) is 19.3 Å². The van der Waals surface area contributed by atoms with Gasteiger partial charge in [-0.05, 0) is 37.5 Å². The van der Waals surface area contributed by atoms with Crippen LogP contribution < -0.4 is 0 Å². The van der Waals surface area contributed by atoms with E-state index < -0.39 is 97.5 Å². The lowest BCUT2D eigenvalue weighted by Gasteiger charge is -2.21. The summed E-state index contributed by atoms with van der Waals surface area (Å²) in [4.78, 5) is 73.2. The van der Waals surface area contributed by atoms with Crippen molar-refractivity contribution in [3.63, 3.8) is 0 Å². The van der Waals surface area contributed by atoms with Crippen molar-refractivity contribution in [1.82, 2.24) is 0 Å². The minimum absolute atomic E-state index is 0.108. The largest absolute Gasteiger partial charge is 0.472 e. The monoisotopic (exact) mass is 1540 g/mol. The molecule has 0 saturated carbocycles. The Morgan fingerprint density at radius 1 is 0.267 bits per heavy atom. The first kappa shape index (κ1) is 103. The highest BCUT2D eigenvalue weighted by Gasteiger charge is 2.30. The van der Waals surface area contributed by atoms with Crippen LogP contribution in [0.2, 0.25) is 0 Å². The van der Waals surface area contributed by atoms with E-state index in [9.17, 15) is 43.2 Å². The van der Waals surface area contributed by atoms with E-state index >= 15 is 0 Å². The summed E-state index contributed by atoms with van der Waals surface area (Å²) in [5, 5.41) is 10.7. The molecular weight excluding hydrogens is 1370 g/mol. The predicted molar refractivity (Wildman–Crippen MR) is 432 cm³/mol. The van der Waals surface area contributed by atoms with E-state index in [4.69, 9.17) is 37.0 Å². The number of rotatable bonds is 85. The van der Waals surface area contributed by atoms with Crippen molar-refractivity contribution in [2.24, 2.45) is 11.8 Å². The van der Waals surface area contributed by atoms with Crippen molar-refractivity contribution in [2.45, 2.75) is 477 Å². The summed E-state index contributed by atoms with van der Waals surface area (Å²) in [7, 11) is -9.93. The second-order valence-electron chi connectivity index (χ2n) is 31.4. The fourth-order valence-electron chi connectivity index (χ4n) is 13.4. The average Bonchev–Trinajstić information content (AvgIpc) is 1.00. The molecule has 19 heteroatoms. The zero-order valence-corrected chi connectivity index (χ0v) is 70.8. The minimum Gasteiger partial charge on any atom is -0.462 e. The van der Waals surface area contributed by atoms with E-state index in [0.717, 1.165) is 102 Å². The third-order valence-electron chi connectivity index (χ3n) is 20.9. The number of esters is 4. The maximum Gasteiger partial charge on any atom is 0.472 e. The van der Waals surface area contributed by atoms with Crippen LogP contribution in [-0.4, -0.2) is 96.7 Å². The molecule has 0 amide bonds. The second-order valence-corrected chi connectivity index (χ2v) is 34.3. The van der Waals surface area contributed by atoms with Gasteiger partial charge in [0.15, 0.2) is 12.2 Å². The molecule has 624 valence electrons. The highest BCUT2D eigenvalue weighted by Crippen LogP contribution is 2.45. The Hall–Kier alpha value is -1.94. The molecule has 0 heterocycles. The van der Waals surface area contributed by atoms with Gasteiger partial charge in [0.2, 0.25) is 0 Å². The number of ether oxygens (including phenoxy) is 4. The molecule has 0 fully saturated rings. The number of aliphatic hydroxyl groups is 1. The zero-order chi connectivity index (χ0) is 77.1. The molecule has 0 radical (unpaired) electrons. The molecule has 0 aliphatic heterocycles. The SMILES string of the molecule is CCCCCCCCCCCCCCCCCCCCC(=O)OC[C@H](COP(=O)(O)OC[C@@H](O)COP(=O)(O)OC[C@@H](COC(=O)CCCCCCCCCCC(C)CC)OC(=O)CCCCCCCCCCCCCCC)OC(=O)CCCCCCCCCCCCCCCCCCCCC(C)CC. The Labute approximate surface area is 645 Å². The van der Waals surface area contributed by atoms with Crippen molar-refractivity contribution in [3.8, 4) is 0 Å². The number of unbranched alkanes of at least 4 members (excludes halogenated alkanes) is 53. The number of carbonyl (C=O) groups excluding carboxylic acids is 4. The normalized spacial score (nSPS) is 14.3. The van der Waals surface area contributed by atoms with Gasteiger partial charge < -0.3 is 33.8 Å². The number of phosphoric acid groups is 2. The number of hydrogen-bond acceptors (Lipinski definition) is 15. The maximum absolute atomic E-state index is 13.2. The fourth-order valence-corrected chi connectivity index (χ4v) is 14.9. The third-order valence-corrected chi connectivity index (χ3v) is 22.8. The third kappa shape index (κ3) is 77.2. The van der Waals surface area contributed by atoms with E-state index in [0.29, 0.717) is 25.7 Å². The average molecular weight is 1540 g/mol. The van der Waals surface area contributed by atoms with Crippen molar-refractivity contribution >= 4 is 39.5 Å². The van der Waals surface area contributed by atoms with Gasteiger partial charge in [-0.15, -0.1) is 0 Å². The smallest absolute Gasteiger partial charge is 0.462 e. The zero-order valence-electron chi connectivity index (χ0n) is 69.0. The molecule has 7 atom stereocenters. The first-order valence-electron chi connectivity index (χ1n) is 44.6. The maximum atomic E-state index is 13.2. The van der Waals surface area contributed by atoms with Crippen molar-refractivity contribution in [1.29, 1.82) is 0 Å². The molecule has 0 spiro atoms. The molecule has 0 saturated heterocycles. The van der Waals surface area contributed by atoms with Gasteiger partial charge in [0, 0.05) is 25.7 Å². The highest BCUT2D eigenvalue weighted by molar-refractivity contribution is 7.47. The van der Waals surface area contributed by atoms with Crippen LogP contribution in [0.4, 0.5) is 0 Å². The van der Waals surface area contributed by atoms with Crippen LogP contribution in [-0.2, 0) is 65.4 Å². The van der Waals surface area contributed by atoms with Gasteiger partial charge in [0.25, 0.3) is 0 Å². The second kappa shape index (κ2) is 77.4. The lowest BCUT2D eigenvalue weighted by atomic mass is 9.99. The van der Waals surface area contributed by atoms with Crippen LogP contribution in [0.15, 0.2) is 0 Å². The molecule has 3 N–H and O–H groups in total. The lowest BCUT2D eigenvalue weighted by molar-refractivity contribution is -0.161. The van der Waals surface area contributed by atoms with Crippen LogP contribution in [0.1, 0.15) is 459 Å². The summed E-state index contributed by atoms with van der Waals surface area (Å²) < 4.78 is 68.9. The minimum atomic E-state index is -4.97. The first-order valence-corrected chi connectivity index (χ1v) is 47.6. The topological polar surface area (TPSA) is 237 Å². The van der Waals surface area contributed by atoms with Gasteiger partial charge in [-0.3, -0.25) is 37.3 Å². The summed E-state index contributed by atoms with van der Waals surface area (Å²) >= 11 is 0.